The van der Waals surface area contributed by atoms with Crippen molar-refractivity contribution in [1.29, 1.82) is 0 Å². The summed E-state index contributed by atoms with van der Waals surface area (Å²) in [5.74, 6) is 1.58. The van der Waals surface area contributed by atoms with Gasteiger partial charge in [-0.15, -0.1) is 0 Å². The SMILES string of the molecule is CC(C)CC(=O)Nc1nccc(N2CCN(C(C)C)CC2)n1. The second-order valence-electron chi connectivity index (χ2n) is 6.50. The van der Waals surface area contributed by atoms with Crippen LogP contribution in [0.25, 0.3) is 0 Å². The first kappa shape index (κ1) is 16.7. The van der Waals surface area contributed by atoms with Gasteiger partial charge in [0.05, 0.1) is 0 Å². The molecule has 0 spiro atoms. The van der Waals surface area contributed by atoms with Crippen LogP contribution in [0.4, 0.5) is 11.8 Å². The monoisotopic (exact) mass is 305 g/mol. The van der Waals surface area contributed by atoms with Crippen molar-refractivity contribution in [2.45, 2.75) is 40.2 Å². The summed E-state index contributed by atoms with van der Waals surface area (Å²) in [6.45, 7) is 12.5. The van der Waals surface area contributed by atoms with Crippen LogP contribution in [0.3, 0.4) is 0 Å². The molecule has 1 aromatic heterocycles. The Morgan fingerprint density at radius 3 is 2.50 bits per heavy atom. The van der Waals surface area contributed by atoms with Gasteiger partial charge in [-0.2, -0.15) is 4.98 Å². The third kappa shape index (κ3) is 4.66. The van der Waals surface area contributed by atoms with Crippen LogP contribution in [-0.2, 0) is 4.79 Å². The minimum absolute atomic E-state index is 0.0308. The lowest BCUT2D eigenvalue weighted by atomic mass is 10.1. The standard InChI is InChI=1S/C16H27N5O/c1-12(2)11-15(22)19-16-17-6-5-14(18-16)21-9-7-20(8-10-21)13(3)4/h5-6,12-13H,7-11H2,1-4H3,(H,17,18,19,22). The van der Waals surface area contributed by atoms with Crippen molar-refractivity contribution in [1.82, 2.24) is 14.9 Å². The highest BCUT2D eigenvalue weighted by Gasteiger charge is 2.20. The van der Waals surface area contributed by atoms with Crippen LogP contribution in [0, 0.1) is 5.92 Å². The maximum absolute atomic E-state index is 11.8. The van der Waals surface area contributed by atoms with E-state index in [0.717, 1.165) is 32.0 Å². The number of anilines is 2. The lowest BCUT2D eigenvalue weighted by Gasteiger charge is -2.37. The van der Waals surface area contributed by atoms with Gasteiger partial charge in [0, 0.05) is 44.8 Å². The zero-order valence-electron chi connectivity index (χ0n) is 14.0. The minimum Gasteiger partial charge on any atom is -0.354 e. The molecule has 0 aliphatic carbocycles. The van der Waals surface area contributed by atoms with Crippen LogP contribution in [0.2, 0.25) is 0 Å². The van der Waals surface area contributed by atoms with Crippen molar-refractivity contribution < 1.29 is 4.79 Å². The zero-order chi connectivity index (χ0) is 16.1. The van der Waals surface area contributed by atoms with Crippen molar-refractivity contribution in [2.24, 2.45) is 5.92 Å². The lowest BCUT2D eigenvalue weighted by Crippen LogP contribution is -2.49. The van der Waals surface area contributed by atoms with Gasteiger partial charge in [0.15, 0.2) is 0 Å². The van der Waals surface area contributed by atoms with E-state index in [0.29, 0.717) is 24.3 Å². The van der Waals surface area contributed by atoms with Gasteiger partial charge in [-0.25, -0.2) is 4.98 Å². The Hall–Kier alpha value is -1.69. The summed E-state index contributed by atoms with van der Waals surface area (Å²) in [5, 5.41) is 2.78. The third-order valence-electron chi connectivity index (χ3n) is 3.85. The quantitative estimate of drug-likeness (QED) is 0.901. The van der Waals surface area contributed by atoms with Crippen molar-refractivity contribution in [2.75, 3.05) is 36.4 Å². The van der Waals surface area contributed by atoms with E-state index in [2.05, 4.69) is 38.9 Å². The van der Waals surface area contributed by atoms with Crippen LogP contribution in [0.5, 0.6) is 0 Å². The van der Waals surface area contributed by atoms with Crippen LogP contribution in [0.1, 0.15) is 34.1 Å². The third-order valence-corrected chi connectivity index (χ3v) is 3.85. The fourth-order valence-corrected chi connectivity index (χ4v) is 2.60. The fraction of sp³-hybridized carbons (Fsp3) is 0.688. The van der Waals surface area contributed by atoms with Gasteiger partial charge in [-0.05, 0) is 25.8 Å². The van der Waals surface area contributed by atoms with E-state index in [1.807, 2.05) is 19.9 Å². The molecule has 2 heterocycles. The Morgan fingerprint density at radius 1 is 1.23 bits per heavy atom. The molecule has 6 heteroatoms. The Morgan fingerprint density at radius 2 is 1.91 bits per heavy atom. The van der Waals surface area contributed by atoms with E-state index < -0.39 is 0 Å². The summed E-state index contributed by atoms with van der Waals surface area (Å²) in [7, 11) is 0. The molecule has 1 aromatic rings. The van der Waals surface area contributed by atoms with Crippen LogP contribution in [0.15, 0.2) is 12.3 Å². The van der Waals surface area contributed by atoms with Gasteiger partial charge < -0.3 is 4.90 Å². The normalized spacial score (nSPS) is 16.4. The second kappa shape index (κ2) is 7.54. The maximum Gasteiger partial charge on any atom is 0.231 e. The Kier molecular flexibility index (Phi) is 5.71. The molecule has 22 heavy (non-hydrogen) atoms. The highest BCUT2D eigenvalue weighted by molar-refractivity contribution is 5.89. The molecule has 1 aliphatic rings. The summed E-state index contributed by atoms with van der Waals surface area (Å²) < 4.78 is 0. The molecule has 1 N–H and O–H groups in total. The molecule has 1 aliphatic heterocycles. The first-order chi connectivity index (χ1) is 10.5. The number of nitrogens with one attached hydrogen (secondary N) is 1. The van der Waals surface area contributed by atoms with Gasteiger partial charge in [-0.3, -0.25) is 15.0 Å². The van der Waals surface area contributed by atoms with Gasteiger partial charge in [0.2, 0.25) is 11.9 Å². The number of aromatic nitrogens is 2. The summed E-state index contributed by atoms with van der Waals surface area (Å²) in [4.78, 5) is 25.1. The van der Waals surface area contributed by atoms with Crippen LogP contribution in [-0.4, -0.2) is 53.0 Å². The van der Waals surface area contributed by atoms with Crippen molar-refractivity contribution >= 4 is 17.7 Å². The lowest BCUT2D eigenvalue weighted by molar-refractivity contribution is -0.116. The number of carbonyl (C=O) groups excluding carboxylic acids is 1. The van der Waals surface area contributed by atoms with Crippen molar-refractivity contribution in [3.63, 3.8) is 0 Å². The predicted octanol–water partition coefficient (Wildman–Crippen LogP) is 1.99. The summed E-state index contributed by atoms with van der Waals surface area (Å²) in [6, 6.07) is 2.49. The molecule has 0 aromatic carbocycles. The Balaban J connectivity index is 1.96. The maximum atomic E-state index is 11.8. The summed E-state index contributed by atoms with van der Waals surface area (Å²) in [5.41, 5.74) is 0. The minimum atomic E-state index is -0.0308. The number of carbonyl (C=O) groups is 1. The first-order valence-corrected chi connectivity index (χ1v) is 8.07. The second-order valence-corrected chi connectivity index (χ2v) is 6.50. The average molecular weight is 305 g/mol. The highest BCUT2D eigenvalue weighted by atomic mass is 16.1. The van der Waals surface area contributed by atoms with E-state index in [-0.39, 0.29) is 5.91 Å². The predicted molar refractivity (Wildman–Crippen MR) is 89.0 cm³/mol. The van der Waals surface area contributed by atoms with Crippen LogP contribution >= 0.6 is 0 Å². The first-order valence-electron chi connectivity index (χ1n) is 8.07. The molecule has 0 bridgehead atoms. The number of hydrogen-bond acceptors (Lipinski definition) is 5. The molecule has 0 atom stereocenters. The number of nitrogens with zero attached hydrogens (tertiary/aromatic N) is 4. The van der Waals surface area contributed by atoms with E-state index in [4.69, 9.17) is 0 Å². The Labute approximate surface area is 132 Å². The Bertz CT molecular complexity index is 495. The number of rotatable bonds is 5. The van der Waals surface area contributed by atoms with E-state index in [1.54, 1.807) is 6.20 Å². The van der Waals surface area contributed by atoms with Gasteiger partial charge in [0.1, 0.15) is 5.82 Å². The topological polar surface area (TPSA) is 61.4 Å². The number of piperazine rings is 1. The summed E-state index contributed by atoms with van der Waals surface area (Å²) >= 11 is 0. The van der Waals surface area contributed by atoms with E-state index >= 15 is 0 Å². The van der Waals surface area contributed by atoms with Gasteiger partial charge in [-0.1, -0.05) is 13.8 Å². The molecule has 0 radical (unpaired) electrons. The molecule has 0 saturated carbocycles. The molecule has 2 rings (SSSR count). The molecular weight excluding hydrogens is 278 g/mol. The molecule has 1 saturated heterocycles. The molecule has 122 valence electrons. The smallest absolute Gasteiger partial charge is 0.231 e. The van der Waals surface area contributed by atoms with Crippen LogP contribution < -0.4 is 10.2 Å². The highest BCUT2D eigenvalue weighted by Crippen LogP contribution is 2.16. The molecule has 1 amide bonds. The van der Waals surface area contributed by atoms with Gasteiger partial charge in [0.25, 0.3) is 0 Å². The van der Waals surface area contributed by atoms with E-state index in [1.165, 1.54) is 0 Å². The summed E-state index contributed by atoms with van der Waals surface area (Å²) in [6.07, 6.45) is 2.20. The number of amides is 1. The molecule has 6 nitrogen and oxygen atoms in total. The average Bonchev–Trinajstić information content (AvgIpc) is 2.46. The molecule has 1 fully saturated rings. The molecular formula is C16H27N5O. The van der Waals surface area contributed by atoms with Gasteiger partial charge >= 0.3 is 0 Å². The molecule has 0 unspecified atom stereocenters. The largest absolute Gasteiger partial charge is 0.354 e. The number of hydrogen-bond donors (Lipinski definition) is 1. The van der Waals surface area contributed by atoms with Crippen molar-refractivity contribution in [3.8, 4) is 0 Å². The van der Waals surface area contributed by atoms with E-state index in [9.17, 15) is 4.79 Å². The fourth-order valence-electron chi connectivity index (χ4n) is 2.60. The van der Waals surface area contributed by atoms with Crippen molar-refractivity contribution in [3.05, 3.63) is 12.3 Å². The zero-order valence-corrected chi connectivity index (χ0v) is 14.0.